The van der Waals surface area contributed by atoms with E-state index >= 15 is 0 Å². The summed E-state index contributed by atoms with van der Waals surface area (Å²) < 4.78 is 13.3. The minimum atomic E-state index is -0.537. The highest BCUT2D eigenvalue weighted by molar-refractivity contribution is 5.95. The number of amides is 3. The quantitative estimate of drug-likeness (QED) is 0.426. The molecule has 0 aliphatic rings. The lowest BCUT2D eigenvalue weighted by molar-refractivity contribution is 0.0929. The molecule has 2 heterocycles. The van der Waals surface area contributed by atoms with Gasteiger partial charge in [0.05, 0.1) is 24.9 Å². The van der Waals surface area contributed by atoms with Crippen molar-refractivity contribution in [1.82, 2.24) is 25.6 Å². The van der Waals surface area contributed by atoms with Gasteiger partial charge in [0.1, 0.15) is 11.3 Å². The monoisotopic (exact) mass is 453 g/mol. The predicted octanol–water partition coefficient (Wildman–Crippen LogP) is 3.93. The van der Waals surface area contributed by atoms with E-state index in [1.165, 1.54) is 0 Å². The summed E-state index contributed by atoms with van der Waals surface area (Å²) in [7, 11) is 0. The summed E-state index contributed by atoms with van der Waals surface area (Å²) in [6.45, 7) is 8.85. The van der Waals surface area contributed by atoms with Crippen molar-refractivity contribution in [3.8, 4) is 11.5 Å². The molecule has 33 heavy (non-hydrogen) atoms. The molecule has 1 atom stereocenters. The zero-order chi connectivity index (χ0) is 23.8. The molecular formula is C24H31N5O4. The van der Waals surface area contributed by atoms with Crippen molar-refractivity contribution in [2.45, 2.75) is 46.6 Å². The highest BCUT2D eigenvalue weighted by Gasteiger charge is 2.18. The van der Waals surface area contributed by atoms with E-state index in [0.717, 1.165) is 18.4 Å². The number of nitrogens with one attached hydrogen (secondary N) is 3. The summed E-state index contributed by atoms with van der Waals surface area (Å²) in [6.07, 6.45) is 3.52. The van der Waals surface area contributed by atoms with Crippen molar-refractivity contribution in [2.75, 3.05) is 13.2 Å². The van der Waals surface area contributed by atoms with Gasteiger partial charge in [-0.25, -0.2) is 15.2 Å². The molecule has 1 aromatic carbocycles. The molecule has 0 aliphatic carbocycles. The van der Waals surface area contributed by atoms with Crippen LogP contribution < -0.4 is 25.6 Å². The maximum Gasteiger partial charge on any atom is 0.333 e. The van der Waals surface area contributed by atoms with Crippen LogP contribution in [0.3, 0.4) is 0 Å². The van der Waals surface area contributed by atoms with Gasteiger partial charge >= 0.3 is 6.03 Å². The van der Waals surface area contributed by atoms with Gasteiger partial charge in [-0.3, -0.25) is 14.6 Å². The van der Waals surface area contributed by atoms with Crippen LogP contribution in [0.2, 0.25) is 0 Å². The third kappa shape index (κ3) is 5.94. The highest BCUT2D eigenvalue weighted by Crippen LogP contribution is 2.31. The Bertz CT molecular complexity index is 1110. The first-order valence-corrected chi connectivity index (χ1v) is 11.1. The number of carbonyl (C=O) groups is 2. The summed E-state index contributed by atoms with van der Waals surface area (Å²) in [5.74, 6) is 0.872. The molecule has 0 radical (unpaired) electrons. The molecule has 3 N–H and O–H groups in total. The average molecular weight is 454 g/mol. The van der Waals surface area contributed by atoms with Crippen LogP contribution in [-0.2, 0) is 0 Å². The molecule has 0 saturated heterocycles. The lowest BCUT2D eigenvalue weighted by Crippen LogP contribution is -2.47. The number of rotatable bonds is 9. The number of pyridine rings is 1. The Hall–Kier alpha value is -3.75. The zero-order valence-corrected chi connectivity index (χ0v) is 19.5. The van der Waals surface area contributed by atoms with Gasteiger partial charge in [0, 0.05) is 6.20 Å². The fourth-order valence-electron chi connectivity index (χ4n) is 3.33. The number of imidazole rings is 1. The molecule has 0 unspecified atom stereocenters. The molecule has 0 bridgehead atoms. The summed E-state index contributed by atoms with van der Waals surface area (Å²) in [5, 5.41) is 2.81. The Morgan fingerprint density at radius 3 is 2.48 bits per heavy atom. The number of carbonyl (C=O) groups excluding carboxylic acids is 2. The molecule has 0 aliphatic heterocycles. The smallest absolute Gasteiger partial charge is 0.333 e. The molecule has 9 heteroatoms. The van der Waals surface area contributed by atoms with E-state index in [9.17, 15) is 9.59 Å². The number of hydrazine groups is 1. The van der Waals surface area contributed by atoms with Crippen molar-refractivity contribution in [3.63, 3.8) is 0 Å². The Kier molecular flexibility index (Phi) is 8.12. The Labute approximate surface area is 193 Å². The molecular weight excluding hydrogens is 422 g/mol. The van der Waals surface area contributed by atoms with Gasteiger partial charge in [-0.05, 0) is 56.5 Å². The predicted molar refractivity (Wildman–Crippen MR) is 125 cm³/mol. The van der Waals surface area contributed by atoms with Gasteiger partial charge in [-0.2, -0.15) is 0 Å². The van der Waals surface area contributed by atoms with Crippen molar-refractivity contribution < 1.29 is 19.1 Å². The number of aryl methyl sites for hydroxylation is 1. The van der Waals surface area contributed by atoms with Gasteiger partial charge in [0.25, 0.3) is 5.91 Å². The standard InChI is InChI=1S/C24H31N5O4/c1-5-13-32-19-11-10-18(15-20(19)33-14-6-2)16(3)26-24(31)28-27-23(30)22-17(4)25-21-9-7-8-12-29(21)22/h7-12,15-16H,5-6,13-14H2,1-4H3,(H,27,30)(H2,26,28,31)/t16-/m0/s1. The maximum atomic E-state index is 12.6. The summed E-state index contributed by atoms with van der Waals surface area (Å²) in [6, 6.07) is 10.2. The number of urea groups is 1. The zero-order valence-electron chi connectivity index (χ0n) is 19.5. The minimum Gasteiger partial charge on any atom is -0.490 e. The average Bonchev–Trinajstić information content (AvgIpc) is 3.15. The van der Waals surface area contributed by atoms with Crippen molar-refractivity contribution in [1.29, 1.82) is 0 Å². The third-order valence-electron chi connectivity index (χ3n) is 4.95. The van der Waals surface area contributed by atoms with E-state index in [-0.39, 0.29) is 6.04 Å². The van der Waals surface area contributed by atoms with Gasteiger partial charge in [-0.1, -0.05) is 26.0 Å². The second-order valence-corrected chi connectivity index (χ2v) is 7.65. The van der Waals surface area contributed by atoms with Crippen LogP contribution in [0.25, 0.3) is 5.65 Å². The number of ether oxygens (including phenoxy) is 2. The number of hydrogen-bond donors (Lipinski definition) is 3. The first-order valence-electron chi connectivity index (χ1n) is 11.1. The number of hydrogen-bond acceptors (Lipinski definition) is 5. The summed E-state index contributed by atoms with van der Waals surface area (Å²) >= 11 is 0. The lowest BCUT2D eigenvalue weighted by Gasteiger charge is -2.18. The Balaban J connectivity index is 1.61. The second-order valence-electron chi connectivity index (χ2n) is 7.65. The number of aromatic nitrogens is 2. The van der Waals surface area contributed by atoms with Crippen LogP contribution in [0.5, 0.6) is 11.5 Å². The largest absolute Gasteiger partial charge is 0.490 e. The van der Waals surface area contributed by atoms with E-state index in [4.69, 9.17) is 9.47 Å². The molecule has 9 nitrogen and oxygen atoms in total. The first kappa shape index (κ1) is 23.9. The topological polar surface area (TPSA) is 106 Å². The molecule has 3 aromatic rings. The van der Waals surface area contributed by atoms with E-state index in [1.807, 2.05) is 57.2 Å². The normalized spacial score (nSPS) is 11.6. The van der Waals surface area contributed by atoms with Crippen molar-refractivity contribution >= 4 is 17.6 Å². The fourth-order valence-corrected chi connectivity index (χ4v) is 3.33. The number of benzene rings is 1. The van der Waals surface area contributed by atoms with Gasteiger partial charge < -0.3 is 14.8 Å². The molecule has 0 fully saturated rings. The fraction of sp³-hybridized carbons (Fsp3) is 0.375. The van der Waals surface area contributed by atoms with Gasteiger partial charge in [0.2, 0.25) is 0 Å². The lowest BCUT2D eigenvalue weighted by atomic mass is 10.1. The molecule has 3 amide bonds. The maximum absolute atomic E-state index is 12.6. The van der Waals surface area contributed by atoms with Gasteiger partial charge in [-0.15, -0.1) is 0 Å². The van der Waals surface area contributed by atoms with E-state index in [1.54, 1.807) is 17.5 Å². The van der Waals surface area contributed by atoms with Crippen molar-refractivity contribution in [2.24, 2.45) is 0 Å². The summed E-state index contributed by atoms with van der Waals surface area (Å²) in [5.41, 5.74) is 7.28. The molecule has 2 aromatic heterocycles. The minimum absolute atomic E-state index is 0.330. The highest BCUT2D eigenvalue weighted by atomic mass is 16.5. The van der Waals surface area contributed by atoms with Crippen LogP contribution in [0, 0.1) is 6.92 Å². The first-order chi connectivity index (χ1) is 15.9. The SMILES string of the molecule is CCCOc1ccc([C@H](C)NC(=O)NNC(=O)c2c(C)nc3ccccn23)cc1OCCC. The van der Waals surface area contributed by atoms with Crippen LogP contribution in [-0.4, -0.2) is 34.5 Å². The van der Waals surface area contributed by atoms with Crippen LogP contribution in [0.1, 0.15) is 61.4 Å². The van der Waals surface area contributed by atoms with E-state index in [0.29, 0.717) is 41.7 Å². The molecule has 3 rings (SSSR count). The van der Waals surface area contributed by atoms with Crippen molar-refractivity contribution in [3.05, 3.63) is 59.5 Å². The second kappa shape index (κ2) is 11.2. The van der Waals surface area contributed by atoms with E-state index in [2.05, 4.69) is 21.2 Å². The van der Waals surface area contributed by atoms with Crippen LogP contribution >= 0.6 is 0 Å². The number of nitrogens with zero attached hydrogens (tertiary/aromatic N) is 2. The van der Waals surface area contributed by atoms with Crippen LogP contribution in [0.15, 0.2) is 42.6 Å². The third-order valence-corrected chi connectivity index (χ3v) is 4.95. The summed E-state index contributed by atoms with van der Waals surface area (Å²) in [4.78, 5) is 29.4. The molecule has 0 saturated carbocycles. The Morgan fingerprint density at radius 2 is 1.76 bits per heavy atom. The van der Waals surface area contributed by atoms with Gasteiger partial charge in [0.15, 0.2) is 11.5 Å². The van der Waals surface area contributed by atoms with Crippen LogP contribution in [0.4, 0.5) is 4.79 Å². The Morgan fingerprint density at radius 1 is 1.03 bits per heavy atom. The number of fused-ring (bicyclic) bond motifs is 1. The van der Waals surface area contributed by atoms with E-state index < -0.39 is 11.9 Å². The molecule has 176 valence electrons. The molecule has 0 spiro atoms.